The summed E-state index contributed by atoms with van der Waals surface area (Å²) in [5, 5.41) is 2.15. The fourth-order valence-corrected chi connectivity index (χ4v) is 2.87. The Labute approximate surface area is 158 Å². The van der Waals surface area contributed by atoms with E-state index in [0.29, 0.717) is 19.5 Å². The first-order chi connectivity index (χ1) is 12.9. The molecular weight excluding hydrogens is 344 g/mol. The first-order valence-corrected chi connectivity index (χ1v) is 8.90. The molecule has 144 valence electrons. The van der Waals surface area contributed by atoms with Gasteiger partial charge in [-0.1, -0.05) is 36.4 Å². The second-order valence-corrected chi connectivity index (χ2v) is 6.48. The highest BCUT2D eigenvalue weighted by Crippen LogP contribution is 2.17. The molecule has 0 aromatic heterocycles. The number of nitrogens with two attached hydrogens (primary N) is 2. The molecule has 0 spiro atoms. The van der Waals surface area contributed by atoms with Gasteiger partial charge < -0.3 is 21.3 Å². The minimum atomic E-state index is -0.597. The van der Waals surface area contributed by atoms with E-state index in [-0.39, 0.29) is 31.4 Å². The normalized spacial score (nSPS) is 10.6. The van der Waals surface area contributed by atoms with E-state index in [1.807, 2.05) is 42.5 Å². The van der Waals surface area contributed by atoms with Gasteiger partial charge in [0, 0.05) is 20.0 Å². The molecule has 4 N–H and O–H groups in total. The molecule has 0 saturated carbocycles. The van der Waals surface area contributed by atoms with E-state index in [9.17, 15) is 14.4 Å². The summed E-state index contributed by atoms with van der Waals surface area (Å²) in [4.78, 5) is 38.7. The summed E-state index contributed by atoms with van der Waals surface area (Å²) >= 11 is 0. The molecule has 0 unspecified atom stereocenters. The predicted octanol–water partition coefficient (Wildman–Crippen LogP) is 0.851. The molecule has 0 aliphatic carbocycles. The zero-order valence-electron chi connectivity index (χ0n) is 15.6. The van der Waals surface area contributed by atoms with Gasteiger partial charge in [-0.05, 0) is 35.4 Å². The van der Waals surface area contributed by atoms with Crippen molar-refractivity contribution in [3.05, 3.63) is 48.0 Å². The summed E-state index contributed by atoms with van der Waals surface area (Å²) < 4.78 is 0. The zero-order valence-corrected chi connectivity index (χ0v) is 15.6. The Morgan fingerprint density at radius 1 is 0.963 bits per heavy atom. The summed E-state index contributed by atoms with van der Waals surface area (Å²) in [6.07, 6.45) is 0.605. The third kappa shape index (κ3) is 6.07. The second kappa shape index (κ2) is 9.68. The first-order valence-electron chi connectivity index (χ1n) is 8.90. The van der Waals surface area contributed by atoms with Gasteiger partial charge in [0.05, 0.1) is 13.1 Å². The Morgan fingerprint density at radius 3 is 2.30 bits per heavy atom. The third-order valence-electron chi connectivity index (χ3n) is 4.29. The molecule has 2 aromatic rings. The SMILES string of the molecule is CC(=O)N(CCCN)CC(=O)N(CC(N)=O)Cc1ccc2ccccc2c1. The van der Waals surface area contributed by atoms with Crippen molar-refractivity contribution >= 4 is 28.5 Å². The number of amides is 3. The molecule has 0 aliphatic heterocycles. The topological polar surface area (TPSA) is 110 Å². The maximum Gasteiger partial charge on any atom is 0.242 e. The van der Waals surface area contributed by atoms with Crippen LogP contribution < -0.4 is 11.5 Å². The van der Waals surface area contributed by atoms with E-state index >= 15 is 0 Å². The molecule has 0 saturated heterocycles. The number of carbonyl (C=O) groups excluding carboxylic acids is 3. The van der Waals surface area contributed by atoms with Crippen LogP contribution in [0.25, 0.3) is 10.8 Å². The van der Waals surface area contributed by atoms with Gasteiger partial charge in [-0.3, -0.25) is 14.4 Å². The Balaban J connectivity index is 2.15. The van der Waals surface area contributed by atoms with E-state index in [1.54, 1.807) is 0 Å². The molecule has 7 nitrogen and oxygen atoms in total. The van der Waals surface area contributed by atoms with Gasteiger partial charge in [-0.15, -0.1) is 0 Å². The minimum Gasteiger partial charge on any atom is -0.368 e. The van der Waals surface area contributed by atoms with Crippen LogP contribution in [0, 0.1) is 0 Å². The van der Waals surface area contributed by atoms with Crippen LogP contribution in [0.4, 0.5) is 0 Å². The van der Waals surface area contributed by atoms with Gasteiger partial charge in [0.2, 0.25) is 17.7 Å². The molecule has 0 bridgehead atoms. The van der Waals surface area contributed by atoms with Crippen molar-refractivity contribution in [3.63, 3.8) is 0 Å². The van der Waals surface area contributed by atoms with E-state index in [2.05, 4.69) is 0 Å². The second-order valence-electron chi connectivity index (χ2n) is 6.48. The molecule has 7 heteroatoms. The standard InChI is InChI=1S/C20H26N4O3/c1-15(25)23(10-4-9-21)14-20(27)24(13-19(22)26)12-16-7-8-17-5-2-3-6-18(17)11-16/h2-3,5-8,11H,4,9-10,12-14,21H2,1H3,(H2,22,26). The molecule has 3 amide bonds. The van der Waals surface area contributed by atoms with Crippen LogP contribution in [0.15, 0.2) is 42.5 Å². The largest absolute Gasteiger partial charge is 0.368 e. The van der Waals surface area contributed by atoms with Crippen LogP contribution in [0.3, 0.4) is 0 Å². The smallest absolute Gasteiger partial charge is 0.242 e. The van der Waals surface area contributed by atoms with Crippen LogP contribution in [0.2, 0.25) is 0 Å². The quantitative estimate of drug-likeness (QED) is 0.682. The number of nitrogens with zero attached hydrogens (tertiary/aromatic N) is 2. The molecule has 0 radical (unpaired) electrons. The lowest BCUT2D eigenvalue weighted by molar-refractivity contribution is -0.141. The fourth-order valence-electron chi connectivity index (χ4n) is 2.87. The number of fused-ring (bicyclic) bond motifs is 1. The third-order valence-corrected chi connectivity index (χ3v) is 4.29. The van der Waals surface area contributed by atoms with Gasteiger partial charge in [0.1, 0.15) is 0 Å². The molecule has 27 heavy (non-hydrogen) atoms. The van der Waals surface area contributed by atoms with Crippen LogP contribution in [0.5, 0.6) is 0 Å². The first kappa shape index (κ1) is 20.4. The van der Waals surface area contributed by atoms with E-state index in [1.165, 1.54) is 16.7 Å². The average Bonchev–Trinajstić information content (AvgIpc) is 2.63. The maximum absolute atomic E-state index is 12.7. The van der Waals surface area contributed by atoms with Crippen LogP contribution in [-0.2, 0) is 20.9 Å². The molecule has 0 heterocycles. The fraction of sp³-hybridized carbons (Fsp3) is 0.350. The van der Waals surface area contributed by atoms with Crippen molar-refractivity contribution < 1.29 is 14.4 Å². The number of primary amides is 1. The van der Waals surface area contributed by atoms with Gasteiger partial charge in [0.25, 0.3) is 0 Å². The molecular formula is C20H26N4O3. The molecule has 2 aromatic carbocycles. The monoisotopic (exact) mass is 370 g/mol. The van der Waals surface area contributed by atoms with Crippen LogP contribution in [0.1, 0.15) is 18.9 Å². The van der Waals surface area contributed by atoms with Crippen molar-refractivity contribution in [1.29, 1.82) is 0 Å². The molecule has 0 fully saturated rings. The molecule has 0 atom stereocenters. The van der Waals surface area contributed by atoms with Crippen molar-refractivity contribution in [1.82, 2.24) is 9.80 Å². The van der Waals surface area contributed by atoms with E-state index in [4.69, 9.17) is 11.5 Å². The summed E-state index contributed by atoms with van der Waals surface area (Å²) in [5.41, 5.74) is 11.7. The number of benzene rings is 2. The summed E-state index contributed by atoms with van der Waals surface area (Å²) in [6, 6.07) is 13.8. The number of hydrogen-bond acceptors (Lipinski definition) is 4. The van der Waals surface area contributed by atoms with Crippen molar-refractivity contribution in [3.8, 4) is 0 Å². The highest BCUT2D eigenvalue weighted by molar-refractivity contribution is 5.88. The highest BCUT2D eigenvalue weighted by atomic mass is 16.2. The lowest BCUT2D eigenvalue weighted by Gasteiger charge is -2.26. The molecule has 0 aliphatic rings. The van der Waals surface area contributed by atoms with Gasteiger partial charge in [-0.25, -0.2) is 0 Å². The van der Waals surface area contributed by atoms with Crippen molar-refractivity contribution in [2.45, 2.75) is 19.9 Å². The van der Waals surface area contributed by atoms with Crippen LogP contribution >= 0.6 is 0 Å². The van der Waals surface area contributed by atoms with Gasteiger partial charge in [0.15, 0.2) is 0 Å². The molecule has 2 rings (SSSR count). The average molecular weight is 370 g/mol. The van der Waals surface area contributed by atoms with Gasteiger partial charge in [-0.2, -0.15) is 0 Å². The number of carbonyl (C=O) groups is 3. The van der Waals surface area contributed by atoms with E-state index < -0.39 is 5.91 Å². The lowest BCUT2D eigenvalue weighted by Crippen LogP contribution is -2.45. The Morgan fingerprint density at radius 2 is 1.67 bits per heavy atom. The Bertz CT molecular complexity index is 822. The highest BCUT2D eigenvalue weighted by Gasteiger charge is 2.20. The number of hydrogen-bond donors (Lipinski definition) is 2. The Hall–Kier alpha value is -2.93. The van der Waals surface area contributed by atoms with E-state index in [0.717, 1.165) is 16.3 Å². The summed E-state index contributed by atoms with van der Waals surface area (Å²) in [5.74, 6) is -1.13. The Kier molecular flexibility index (Phi) is 7.31. The summed E-state index contributed by atoms with van der Waals surface area (Å²) in [6.45, 7) is 2.18. The maximum atomic E-state index is 12.7. The van der Waals surface area contributed by atoms with Crippen molar-refractivity contribution in [2.75, 3.05) is 26.2 Å². The zero-order chi connectivity index (χ0) is 19.8. The number of rotatable bonds is 9. The minimum absolute atomic E-state index is 0.101. The predicted molar refractivity (Wildman–Crippen MR) is 104 cm³/mol. The van der Waals surface area contributed by atoms with Crippen LogP contribution in [-0.4, -0.2) is 53.7 Å². The lowest BCUT2D eigenvalue weighted by atomic mass is 10.1. The summed E-state index contributed by atoms with van der Waals surface area (Å²) in [7, 11) is 0. The van der Waals surface area contributed by atoms with Gasteiger partial charge >= 0.3 is 0 Å². The van der Waals surface area contributed by atoms with Crippen molar-refractivity contribution in [2.24, 2.45) is 11.5 Å².